The first-order valence-electron chi connectivity index (χ1n) is 25.7. The zero-order chi connectivity index (χ0) is 50.0. The van der Waals surface area contributed by atoms with Crippen molar-refractivity contribution in [3.05, 3.63) is 322 Å². The van der Waals surface area contributed by atoms with Crippen molar-refractivity contribution in [2.24, 2.45) is 0 Å². The molecule has 0 saturated carbocycles. The molecule has 0 saturated heterocycles. The smallest absolute Gasteiger partial charge is 0.126 e. The summed E-state index contributed by atoms with van der Waals surface area (Å²) in [6, 6.07) is 94.2. The summed E-state index contributed by atoms with van der Waals surface area (Å²) in [6.07, 6.45) is 0. The summed E-state index contributed by atoms with van der Waals surface area (Å²) >= 11 is 0. The van der Waals surface area contributed by atoms with Gasteiger partial charge >= 0.3 is 0 Å². The molecule has 0 atom stereocenters. The Morgan fingerprint density at radius 2 is 0.649 bits per heavy atom. The number of rotatable bonds is 8. The van der Waals surface area contributed by atoms with E-state index in [-0.39, 0.29) is 0 Å². The summed E-state index contributed by atoms with van der Waals surface area (Å²) in [4.78, 5) is 14.8. The van der Waals surface area contributed by atoms with Gasteiger partial charge in [-0.2, -0.15) is 0 Å². The number of hydrogen-bond donors (Lipinski definition) is 0. The Labute approximate surface area is 434 Å². The molecular formula is C70H54N4. The molecule has 13 rings (SSSR count). The number of nitrogens with zero attached hydrogens (tertiary/aromatic N) is 4. The lowest BCUT2D eigenvalue weighted by Gasteiger charge is -2.48. The largest absolute Gasteiger partial charge is 0.310 e. The van der Waals surface area contributed by atoms with Crippen LogP contribution in [0.15, 0.2) is 255 Å². The van der Waals surface area contributed by atoms with Gasteiger partial charge in [-0.1, -0.05) is 217 Å². The Morgan fingerprint density at radius 1 is 0.297 bits per heavy atom. The van der Waals surface area contributed by atoms with Gasteiger partial charge in [0.2, 0.25) is 0 Å². The molecule has 74 heavy (non-hydrogen) atoms. The third-order valence-electron chi connectivity index (χ3n) is 15.6. The van der Waals surface area contributed by atoms with E-state index in [1.165, 1.54) is 67.0 Å². The first kappa shape index (κ1) is 44.8. The highest BCUT2D eigenvalue weighted by Gasteiger charge is 2.49. The minimum atomic E-state index is -0.686. The van der Waals surface area contributed by atoms with Crippen LogP contribution in [-0.4, -0.2) is 9.97 Å². The molecule has 3 heterocycles. The monoisotopic (exact) mass is 950 g/mol. The number of benzene rings is 10. The Balaban J connectivity index is 1.01. The normalized spacial score (nSPS) is 13.8. The number of hydrogen-bond acceptors (Lipinski definition) is 4. The molecule has 4 heteroatoms. The first-order chi connectivity index (χ1) is 36.3. The lowest BCUT2D eigenvalue weighted by Crippen LogP contribution is -2.39. The lowest BCUT2D eigenvalue weighted by atomic mass is 9.60. The Kier molecular flexibility index (Phi) is 10.8. The first-order valence-corrected chi connectivity index (χ1v) is 25.7. The second-order valence-electron chi connectivity index (χ2n) is 19.9. The van der Waals surface area contributed by atoms with Gasteiger partial charge in [0, 0.05) is 28.1 Å². The van der Waals surface area contributed by atoms with Crippen molar-refractivity contribution in [2.75, 3.05) is 9.80 Å². The van der Waals surface area contributed by atoms with Gasteiger partial charge in [-0.05, 0) is 121 Å². The number of para-hydroxylation sites is 3. The molecule has 1 aromatic heterocycles. The summed E-state index contributed by atoms with van der Waals surface area (Å²) in [6.45, 7) is 8.56. The Bertz CT molecular complexity index is 3770. The molecule has 0 bridgehead atoms. The highest BCUT2D eigenvalue weighted by atomic mass is 15.2. The molecule has 0 N–H and O–H groups in total. The molecule has 0 aliphatic carbocycles. The molecule has 0 fully saturated rings. The van der Waals surface area contributed by atoms with Gasteiger partial charge in [0.1, 0.15) is 5.82 Å². The molecule has 4 nitrogen and oxygen atoms in total. The van der Waals surface area contributed by atoms with Crippen LogP contribution < -0.4 is 9.80 Å². The van der Waals surface area contributed by atoms with Crippen molar-refractivity contribution in [1.82, 2.24) is 9.97 Å². The van der Waals surface area contributed by atoms with Crippen LogP contribution in [0.1, 0.15) is 67.0 Å². The van der Waals surface area contributed by atoms with Crippen LogP contribution in [0, 0.1) is 27.7 Å². The molecule has 0 amide bonds. The number of anilines is 6. The van der Waals surface area contributed by atoms with E-state index in [9.17, 15) is 0 Å². The number of aryl methyl sites for hydroxylation is 3. The second kappa shape index (κ2) is 17.9. The average Bonchev–Trinajstić information content (AvgIpc) is 3.45. The summed E-state index contributed by atoms with van der Waals surface area (Å²) < 4.78 is 0. The van der Waals surface area contributed by atoms with Crippen LogP contribution in [0.4, 0.5) is 34.1 Å². The quantitative estimate of drug-likeness (QED) is 0.152. The van der Waals surface area contributed by atoms with Crippen LogP contribution in [0.25, 0.3) is 22.5 Å². The maximum Gasteiger partial charge on any atom is 0.126 e. The minimum absolute atomic E-state index is 0.636. The Hall–Kier alpha value is -9.12. The molecular weight excluding hydrogens is 897 g/mol. The van der Waals surface area contributed by atoms with Crippen molar-refractivity contribution >= 4 is 34.1 Å². The SMILES string of the molecule is Cc1ccc2c(c1)C(c1ccccc1)(c1ccc(C3(c4ccccc4)c4ccccc4N(c4ccccc4)c4ccccc43)cc1)c1cc(C)ccc1N2c1ccc(-c2nc(C)nc(-c3ccccc3)c2C)cc1. The van der Waals surface area contributed by atoms with Gasteiger partial charge < -0.3 is 9.80 Å². The predicted octanol–water partition coefficient (Wildman–Crippen LogP) is 17.4. The van der Waals surface area contributed by atoms with Crippen molar-refractivity contribution in [3.8, 4) is 22.5 Å². The highest BCUT2D eigenvalue weighted by molar-refractivity contribution is 5.92. The van der Waals surface area contributed by atoms with Gasteiger partial charge in [-0.3, -0.25) is 0 Å². The summed E-state index contributed by atoms with van der Waals surface area (Å²) in [5, 5.41) is 0. The van der Waals surface area contributed by atoms with E-state index in [2.05, 4.69) is 279 Å². The zero-order valence-electron chi connectivity index (χ0n) is 42.0. The van der Waals surface area contributed by atoms with Crippen LogP contribution in [0.2, 0.25) is 0 Å². The van der Waals surface area contributed by atoms with E-state index >= 15 is 0 Å². The van der Waals surface area contributed by atoms with E-state index in [1.807, 2.05) is 13.0 Å². The lowest BCUT2D eigenvalue weighted by molar-refractivity contribution is 0.714. The van der Waals surface area contributed by atoms with Gasteiger partial charge in [0.15, 0.2) is 0 Å². The fraction of sp³-hybridized carbons (Fsp3) is 0.0857. The predicted molar refractivity (Wildman–Crippen MR) is 305 cm³/mol. The van der Waals surface area contributed by atoms with E-state index < -0.39 is 10.8 Å². The molecule has 10 aromatic carbocycles. The number of aromatic nitrogens is 2. The van der Waals surface area contributed by atoms with Crippen LogP contribution in [0.3, 0.4) is 0 Å². The third kappa shape index (κ3) is 6.89. The zero-order valence-corrected chi connectivity index (χ0v) is 42.0. The minimum Gasteiger partial charge on any atom is -0.310 e. The van der Waals surface area contributed by atoms with Crippen LogP contribution in [-0.2, 0) is 10.8 Å². The van der Waals surface area contributed by atoms with Crippen molar-refractivity contribution in [1.29, 1.82) is 0 Å². The second-order valence-corrected chi connectivity index (χ2v) is 19.9. The van der Waals surface area contributed by atoms with Gasteiger partial charge in [-0.25, -0.2) is 9.97 Å². The standard InChI is InChI=1S/C70H54N4/c1-47-33-43-65-61(45-47)70(54-25-13-7-14-26-54,62-46-48(2)34-44-66(62)74(65)58-41-35-52(36-42-58)68-49(3)67(71-50(4)72-68)51-21-9-5-10-22-51)56-39-37-55(38-40-56)69(53-23-11-6-12-24-53)59-29-17-19-31-63(59)73(57-27-15-8-16-28-57)64-32-20-18-30-60(64)69/h5-46H,1-4H3. The summed E-state index contributed by atoms with van der Waals surface area (Å²) in [7, 11) is 0. The molecule has 354 valence electrons. The van der Waals surface area contributed by atoms with E-state index in [4.69, 9.17) is 9.97 Å². The molecule has 11 aromatic rings. The van der Waals surface area contributed by atoms with E-state index in [0.29, 0.717) is 0 Å². The van der Waals surface area contributed by atoms with Gasteiger partial charge in [-0.15, -0.1) is 0 Å². The van der Waals surface area contributed by atoms with Crippen molar-refractivity contribution in [3.63, 3.8) is 0 Å². The van der Waals surface area contributed by atoms with Crippen molar-refractivity contribution in [2.45, 2.75) is 38.5 Å². The number of fused-ring (bicyclic) bond motifs is 4. The third-order valence-corrected chi connectivity index (χ3v) is 15.6. The van der Waals surface area contributed by atoms with Crippen LogP contribution in [0.5, 0.6) is 0 Å². The van der Waals surface area contributed by atoms with E-state index in [0.717, 1.165) is 56.7 Å². The Morgan fingerprint density at radius 3 is 1.12 bits per heavy atom. The maximum absolute atomic E-state index is 5.02. The highest BCUT2D eigenvalue weighted by Crippen LogP contribution is 2.61. The summed E-state index contributed by atoms with van der Waals surface area (Å²) in [5.74, 6) is 0.752. The van der Waals surface area contributed by atoms with Gasteiger partial charge in [0.25, 0.3) is 0 Å². The fourth-order valence-electron chi connectivity index (χ4n) is 12.4. The van der Waals surface area contributed by atoms with Crippen LogP contribution >= 0.6 is 0 Å². The van der Waals surface area contributed by atoms with Crippen molar-refractivity contribution < 1.29 is 0 Å². The van der Waals surface area contributed by atoms with Gasteiger partial charge in [0.05, 0.1) is 45.0 Å². The maximum atomic E-state index is 5.02. The average molecular weight is 951 g/mol. The molecule has 0 spiro atoms. The fourth-order valence-corrected chi connectivity index (χ4v) is 12.4. The molecule has 0 radical (unpaired) electrons. The molecule has 0 unspecified atom stereocenters. The molecule has 2 aliphatic heterocycles. The van der Waals surface area contributed by atoms with E-state index in [1.54, 1.807) is 0 Å². The molecule has 2 aliphatic rings. The summed E-state index contributed by atoms with van der Waals surface area (Å²) in [5.41, 5.74) is 22.8. The topological polar surface area (TPSA) is 32.3 Å².